The van der Waals surface area contributed by atoms with E-state index in [9.17, 15) is 4.79 Å². The van der Waals surface area contributed by atoms with Crippen molar-refractivity contribution in [1.82, 2.24) is 4.90 Å². The average molecular weight is 249 g/mol. The molecule has 1 rings (SSSR count). The zero-order valence-electron chi connectivity index (χ0n) is 5.56. The fourth-order valence-corrected chi connectivity index (χ4v) is 1.27. The highest BCUT2D eigenvalue weighted by Crippen LogP contribution is 2.06. The van der Waals surface area contributed by atoms with Crippen LogP contribution in [0, 0.1) is 9.85 Å². The van der Waals surface area contributed by atoms with Crippen molar-refractivity contribution < 1.29 is 4.79 Å². The molecule has 0 radical (unpaired) electrons. The number of hydrogen-bond acceptors (Lipinski definition) is 1. The number of nitrogens with zero attached hydrogens (tertiary/aromatic N) is 1. The van der Waals surface area contributed by atoms with Crippen LogP contribution in [0.3, 0.4) is 0 Å². The van der Waals surface area contributed by atoms with Crippen molar-refractivity contribution in [2.24, 2.45) is 0 Å². The third kappa shape index (κ3) is 1.87. The smallest absolute Gasteiger partial charge is 0.299 e. The lowest BCUT2D eigenvalue weighted by Gasteiger charge is -2.09. The Morgan fingerprint density at radius 1 is 1.40 bits per heavy atom. The van der Waals surface area contributed by atoms with Crippen LogP contribution < -0.4 is 0 Å². The SMILES string of the molecule is O=C(C#CI)N1CCCC1. The molecule has 1 aliphatic rings. The maximum Gasteiger partial charge on any atom is 0.299 e. The normalized spacial score (nSPS) is 16.3. The second-order valence-corrected chi connectivity index (χ2v) is 2.76. The summed E-state index contributed by atoms with van der Waals surface area (Å²) in [5, 5.41) is 0. The summed E-state index contributed by atoms with van der Waals surface area (Å²) in [4.78, 5) is 12.8. The van der Waals surface area contributed by atoms with E-state index in [1.54, 1.807) is 4.90 Å². The molecule has 0 saturated carbocycles. The van der Waals surface area contributed by atoms with Crippen molar-refractivity contribution >= 4 is 28.5 Å². The molecule has 0 unspecified atom stereocenters. The molecule has 0 N–H and O–H groups in total. The fourth-order valence-electron chi connectivity index (χ4n) is 1.04. The first kappa shape index (κ1) is 7.86. The molecule has 0 aromatic heterocycles. The highest BCUT2D eigenvalue weighted by atomic mass is 127. The third-order valence-electron chi connectivity index (χ3n) is 1.55. The summed E-state index contributed by atoms with van der Waals surface area (Å²) in [6.45, 7) is 1.79. The summed E-state index contributed by atoms with van der Waals surface area (Å²) >= 11 is 1.88. The number of hydrogen-bond donors (Lipinski definition) is 0. The number of amides is 1. The summed E-state index contributed by atoms with van der Waals surface area (Å²) in [7, 11) is 0. The van der Waals surface area contributed by atoms with Gasteiger partial charge in [-0.2, -0.15) is 0 Å². The Hall–Kier alpha value is -0.240. The van der Waals surface area contributed by atoms with Crippen LogP contribution in [0.4, 0.5) is 0 Å². The fraction of sp³-hybridized carbons (Fsp3) is 0.571. The maximum absolute atomic E-state index is 11.0. The van der Waals surface area contributed by atoms with Gasteiger partial charge >= 0.3 is 0 Å². The lowest BCUT2D eigenvalue weighted by molar-refractivity contribution is -0.124. The Kier molecular flexibility index (Phi) is 3.00. The summed E-state index contributed by atoms with van der Waals surface area (Å²) in [6, 6.07) is 0. The highest BCUT2D eigenvalue weighted by molar-refractivity contribution is 14.1. The third-order valence-corrected chi connectivity index (χ3v) is 1.82. The summed E-state index contributed by atoms with van der Waals surface area (Å²) in [5.41, 5.74) is 0. The molecule has 1 amide bonds. The molecule has 1 heterocycles. The van der Waals surface area contributed by atoms with Crippen LogP contribution in [-0.4, -0.2) is 23.9 Å². The van der Waals surface area contributed by atoms with Crippen LogP contribution in [0.1, 0.15) is 12.8 Å². The van der Waals surface area contributed by atoms with E-state index in [2.05, 4.69) is 9.85 Å². The van der Waals surface area contributed by atoms with Gasteiger partial charge in [-0.25, -0.2) is 0 Å². The van der Waals surface area contributed by atoms with Crippen LogP contribution in [0.25, 0.3) is 0 Å². The van der Waals surface area contributed by atoms with Gasteiger partial charge in [-0.1, -0.05) is 0 Å². The Morgan fingerprint density at radius 3 is 2.50 bits per heavy atom. The van der Waals surface area contributed by atoms with Gasteiger partial charge in [0, 0.05) is 41.6 Å². The number of likely N-dealkylation sites (tertiary alicyclic amines) is 1. The molecule has 0 aromatic rings. The zero-order chi connectivity index (χ0) is 7.40. The predicted octanol–water partition coefficient (Wildman–Crippen LogP) is 1.00. The standard InChI is InChI=1S/C7H8INO/c8-4-3-7(10)9-5-1-2-6-9/h1-2,5-6H2. The largest absolute Gasteiger partial charge is 0.332 e. The molecular formula is C7H8INO. The van der Waals surface area contributed by atoms with E-state index in [1.807, 2.05) is 22.6 Å². The van der Waals surface area contributed by atoms with Gasteiger partial charge < -0.3 is 4.90 Å². The van der Waals surface area contributed by atoms with Crippen molar-refractivity contribution in [2.45, 2.75) is 12.8 Å². The summed E-state index contributed by atoms with van der Waals surface area (Å²) in [6.07, 6.45) is 2.27. The Morgan fingerprint density at radius 2 is 2.00 bits per heavy atom. The highest BCUT2D eigenvalue weighted by Gasteiger charge is 2.15. The Balaban J connectivity index is 2.45. The molecule has 54 valence electrons. The molecule has 1 saturated heterocycles. The van der Waals surface area contributed by atoms with E-state index in [-0.39, 0.29) is 5.91 Å². The minimum absolute atomic E-state index is 0.0214. The van der Waals surface area contributed by atoms with E-state index >= 15 is 0 Å². The van der Waals surface area contributed by atoms with Crippen molar-refractivity contribution in [2.75, 3.05) is 13.1 Å². The Labute approximate surface area is 74.1 Å². The minimum Gasteiger partial charge on any atom is -0.332 e. The van der Waals surface area contributed by atoms with Crippen LogP contribution in [0.2, 0.25) is 0 Å². The first-order chi connectivity index (χ1) is 4.84. The molecular weight excluding hydrogens is 241 g/mol. The molecule has 0 bridgehead atoms. The van der Waals surface area contributed by atoms with E-state index in [1.165, 1.54) is 0 Å². The lowest BCUT2D eigenvalue weighted by atomic mass is 10.4. The molecule has 1 aliphatic heterocycles. The van der Waals surface area contributed by atoms with Gasteiger partial charge in [0.1, 0.15) is 0 Å². The number of halogens is 1. The second-order valence-electron chi connectivity index (χ2n) is 2.22. The van der Waals surface area contributed by atoms with Crippen molar-refractivity contribution in [1.29, 1.82) is 0 Å². The van der Waals surface area contributed by atoms with Gasteiger partial charge in [0.15, 0.2) is 0 Å². The summed E-state index contributed by atoms with van der Waals surface area (Å²) < 4.78 is 2.57. The maximum atomic E-state index is 11.0. The monoisotopic (exact) mass is 249 g/mol. The number of carbonyl (C=O) groups is 1. The molecule has 10 heavy (non-hydrogen) atoms. The first-order valence-electron chi connectivity index (χ1n) is 3.25. The zero-order valence-corrected chi connectivity index (χ0v) is 7.72. The van der Waals surface area contributed by atoms with Gasteiger partial charge in [-0.05, 0) is 16.8 Å². The van der Waals surface area contributed by atoms with Crippen molar-refractivity contribution in [3.05, 3.63) is 0 Å². The van der Waals surface area contributed by atoms with E-state index in [4.69, 9.17) is 0 Å². The van der Waals surface area contributed by atoms with Crippen LogP contribution in [0.5, 0.6) is 0 Å². The van der Waals surface area contributed by atoms with Gasteiger partial charge in [0.25, 0.3) is 5.91 Å². The van der Waals surface area contributed by atoms with Gasteiger partial charge in [-0.15, -0.1) is 0 Å². The van der Waals surface area contributed by atoms with Gasteiger partial charge in [0.2, 0.25) is 0 Å². The van der Waals surface area contributed by atoms with E-state index in [0.717, 1.165) is 25.9 Å². The summed E-state index contributed by atoms with van der Waals surface area (Å²) in [5.74, 6) is 2.49. The van der Waals surface area contributed by atoms with Crippen LogP contribution in [-0.2, 0) is 4.79 Å². The number of rotatable bonds is 0. The van der Waals surface area contributed by atoms with Crippen molar-refractivity contribution in [3.8, 4) is 9.85 Å². The molecule has 2 nitrogen and oxygen atoms in total. The molecule has 0 atom stereocenters. The number of carbonyl (C=O) groups excluding carboxylic acids is 1. The van der Waals surface area contributed by atoms with Gasteiger partial charge in [0.05, 0.1) is 0 Å². The van der Waals surface area contributed by atoms with Crippen molar-refractivity contribution in [3.63, 3.8) is 0 Å². The van der Waals surface area contributed by atoms with E-state index in [0.29, 0.717) is 0 Å². The predicted molar refractivity (Wildman–Crippen MR) is 47.6 cm³/mol. The topological polar surface area (TPSA) is 20.3 Å². The molecule has 0 aromatic carbocycles. The Bertz CT molecular complexity index is 186. The molecule has 0 aliphatic carbocycles. The first-order valence-corrected chi connectivity index (χ1v) is 4.33. The average Bonchev–Trinajstić information content (AvgIpc) is 2.38. The molecule has 3 heteroatoms. The second kappa shape index (κ2) is 3.81. The van der Waals surface area contributed by atoms with E-state index < -0.39 is 0 Å². The van der Waals surface area contributed by atoms with Crippen LogP contribution >= 0.6 is 22.6 Å². The minimum atomic E-state index is -0.0214. The lowest BCUT2D eigenvalue weighted by Crippen LogP contribution is -2.25. The quantitative estimate of drug-likeness (QED) is 0.463. The van der Waals surface area contributed by atoms with Gasteiger partial charge in [-0.3, -0.25) is 4.79 Å². The van der Waals surface area contributed by atoms with Crippen LogP contribution in [0.15, 0.2) is 0 Å². The molecule has 0 spiro atoms. The molecule has 1 fully saturated rings.